The van der Waals surface area contributed by atoms with Crippen LogP contribution >= 0.6 is 0 Å². The Bertz CT molecular complexity index is 318. The number of Topliss-reactive ketones (excluding diaryl/α,β-unsaturated/α-hetero) is 1. The van der Waals surface area contributed by atoms with Crippen LogP contribution in [0.4, 0.5) is 0 Å². The summed E-state index contributed by atoms with van der Waals surface area (Å²) in [5, 5.41) is 34.7. The second kappa shape index (κ2) is 58.6. The van der Waals surface area contributed by atoms with Crippen molar-refractivity contribution in [1.82, 2.24) is 16.0 Å². The quantitative estimate of drug-likeness (QED) is 0.208. The van der Waals surface area contributed by atoms with Crippen LogP contribution in [0.15, 0.2) is 0 Å². The Labute approximate surface area is 236 Å². The van der Waals surface area contributed by atoms with Gasteiger partial charge in [-0.3, -0.25) is 0 Å². The summed E-state index contributed by atoms with van der Waals surface area (Å²) in [6.45, 7) is 19.7. The molecule has 34 heavy (non-hydrogen) atoms. The van der Waals surface area contributed by atoms with Gasteiger partial charge >= 0.3 is 29.6 Å². The van der Waals surface area contributed by atoms with E-state index >= 15 is 0 Å². The molecule has 0 fully saturated rings. The number of hydrogen-bond donors (Lipinski definition) is 6. The number of nitrogens with two attached hydrogens (primary N) is 1. The molecule has 0 atom stereocenters. The molecule has 0 aliphatic carbocycles. The van der Waals surface area contributed by atoms with Crippen molar-refractivity contribution in [3.05, 3.63) is 0 Å². The third-order valence-electron chi connectivity index (χ3n) is 2.06. The standard InChI is InChI=1S/C5H11NO2.C5H13NO.C5H13N.C3H6O.C2H7NO.4CH4.Na/c1-4(2)6-3-5(7)8;1-5(2)6-3-4-7;1-4-6-5(2)3;1-3(2)4;3-1-2-4;;;;;/h4,6H,3H2,1-2H3,(H,7,8);5-7H,3-4H2,1-2H3;5-6H,4H2,1-3H3;1-2H3;4H,1-3H2;4*1H4;/q;;;;;;;;;+1/p-1. The molecule has 0 heterocycles. The van der Waals surface area contributed by atoms with Gasteiger partial charge in [-0.15, -0.1) is 0 Å². The molecule has 9 nitrogen and oxygen atoms in total. The largest absolute Gasteiger partial charge is 1.00 e. The first-order valence-electron chi connectivity index (χ1n) is 10.1. The van der Waals surface area contributed by atoms with Crippen molar-refractivity contribution < 1.29 is 54.5 Å². The number of carbonyl (C=O) groups is 2. The first kappa shape index (κ1) is 64.2. The van der Waals surface area contributed by atoms with Gasteiger partial charge in [0.05, 0.1) is 19.2 Å². The first-order chi connectivity index (χ1) is 13.3. The van der Waals surface area contributed by atoms with Crippen molar-refractivity contribution in [2.75, 3.05) is 39.4 Å². The zero-order chi connectivity index (χ0) is 24.3. The van der Waals surface area contributed by atoms with Gasteiger partial charge in [0, 0.05) is 37.8 Å². The molecule has 10 heteroatoms. The van der Waals surface area contributed by atoms with Crippen LogP contribution < -0.4 is 56.3 Å². The molecular formula is C24H65N4NaO5. The summed E-state index contributed by atoms with van der Waals surface area (Å²) in [6, 6.07) is 1.36. The molecular weight excluding hydrogens is 447 g/mol. The molecule has 0 saturated carbocycles. The van der Waals surface area contributed by atoms with E-state index in [2.05, 4.69) is 50.6 Å². The van der Waals surface area contributed by atoms with Gasteiger partial charge in [0.15, 0.2) is 0 Å². The molecule has 0 rings (SSSR count). The molecule has 7 N–H and O–H groups in total. The maximum Gasteiger partial charge on any atom is 1.00 e. The van der Waals surface area contributed by atoms with Crippen molar-refractivity contribution in [3.63, 3.8) is 0 Å². The summed E-state index contributed by atoms with van der Waals surface area (Å²) in [6.07, 6.45) is 0. The van der Waals surface area contributed by atoms with E-state index in [9.17, 15) is 14.7 Å². The molecule has 0 unspecified atom stereocenters. The summed E-state index contributed by atoms with van der Waals surface area (Å²) in [5.74, 6) is -0.890. The van der Waals surface area contributed by atoms with E-state index in [0.717, 1.165) is 6.54 Å². The Morgan fingerprint density at radius 1 is 0.794 bits per heavy atom. The van der Waals surface area contributed by atoms with Gasteiger partial charge in [0.2, 0.25) is 0 Å². The van der Waals surface area contributed by atoms with Gasteiger partial charge in [-0.1, -0.05) is 78.2 Å². The molecule has 0 aromatic heterocycles. The summed E-state index contributed by atoms with van der Waals surface area (Å²) >= 11 is 0. The molecule has 0 spiro atoms. The van der Waals surface area contributed by atoms with E-state index in [-0.39, 0.29) is 90.8 Å². The van der Waals surface area contributed by atoms with Gasteiger partial charge < -0.3 is 46.6 Å². The zero-order valence-electron chi connectivity index (χ0n) is 21.2. The van der Waals surface area contributed by atoms with Gasteiger partial charge in [0.1, 0.15) is 5.78 Å². The van der Waals surface area contributed by atoms with Crippen molar-refractivity contribution in [2.24, 2.45) is 5.73 Å². The van der Waals surface area contributed by atoms with E-state index in [1.54, 1.807) is 0 Å². The SMILES string of the molecule is C.C.C.C.CC(C)=O.CC(C)NCC(=O)[O-].CC(C)NCCO.CCNC(C)C.NCCO.[Na+]. The summed E-state index contributed by atoms with van der Waals surface area (Å²) in [4.78, 5) is 19.2. The Morgan fingerprint density at radius 2 is 1.09 bits per heavy atom. The normalized spacial score (nSPS) is 7.85. The minimum absolute atomic E-state index is 0. The maximum absolute atomic E-state index is 9.73. The van der Waals surface area contributed by atoms with Crippen LogP contribution in [0.3, 0.4) is 0 Å². The maximum atomic E-state index is 9.73. The minimum atomic E-state index is -1.06. The predicted molar refractivity (Wildman–Crippen MR) is 147 cm³/mol. The van der Waals surface area contributed by atoms with Crippen LogP contribution in [0.2, 0.25) is 0 Å². The predicted octanol–water partition coefficient (Wildman–Crippen LogP) is -1.20. The fourth-order valence-electron chi connectivity index (χ4n) is 1.05. The van der Waals surface area contributed by atoms with Gasteiger partial charge in [0.25, 0.3) is 0 Å². The van der Waals surface area contributed by atoms with E-state index in [4.69, 9.17) is 15.9 Å². The van der Waals surface area contributed by atoms with Crippen molar-refractivity contribution >= 4 is 11.8 Å². The van der Waals surface area contributed by atoms with E-state index in [0.29, 0.717) is 25.2 Å². The molecule has 0 radical (unpaired) electrons. The number of carboxylic acids is 1. The number of carbonyl (C=O) groups excluding carboxylic acids is 2. The number of aliphatic carboxylic acids is 1. The zero-order valence-corrected chi connectivity index (χ0v) is 23.2. The fourth-order valence-corrected chi connectivity index (χ4v) is 1.05. The number of nitrogens with one attached hydrogen (secondary N) is 3. The topological polar surface area (TPSA) is 160 Å². The molecule has 0 amide bonds. The first-order valence-corrected chi connectivity index (χ1v) is 10.1. The average Bonchev–Trinajstić information content (AvgIpc) is 2.59. The van der Waals surface area contributed by atoms with Crippen LogP contribution in [0.25, 0.3) is 0 Å². The molecule has 0 bridgehead atoms. The fraction of sp³-hybridized carbons (Fsp3) is 0.917. The van der Waals surface area contributed by atoms with Crippen LogP contribution in [0.5, 0.6) is 0 Å². The molecule has 212 valence electrons. The van der Waals surface area contributed by atoms with Gasteiger partial charge in [-0.05, 0) is 20.4 Å². The molecule has 0 aliphatic rings. The van der Waals surface area contributed by atoms with Gasteiger partial charge in [-0.25, -0.2) is 0 Å². The molecule has 0 saturated heterocycles. The average molecular weight is 513 g/mol. The molecule has 0 aromatic rings. The summed E-state index contributed by atoms with van der Waals surface area (Å²) < 4.78 is 0. The third-order valence-corrected chi connectivity index (χ3v) is 2.06. The number of aliphatic hydroxyl groups is 2. The van der Waals surface area contributed by atoms with Crippen molar-refractivity contribution in [3.8, 4) is 0 Å². The Hall–Kier alpha value is -0.100. The van der Waals surface area contributed by atoms with Crippen molar-refractivity contribution in [1.29, 1.82) is 0 Å². The van der Waals surface area contributed by atoms with Crippen LogP contribution in [0, 0.1) is 0 Å². The molecule has 0 aromatic carbocycles. The molecule has 0 aliphatic heterocycles. The van der Waals surface area contributed by atoms with E-state index in [1.165, 1.54) is 13.8 Å². The number of hydrogen-bond acceptors (Lipinski definition) is 9. The number of aliphatic hydroxyl groups excluding tert-OH is 2. The number of ketones is 1. The van der Waals surface area contributed by atoms with E-state index in [1.807, 2.05) is 13.8 Å². The summed E-state index contributed by atoms with van der Waals surface area (Å²) in [7, 11) is 0. The van der Waals surface area contributed by atoms with Crippen molar-refractivity contribution in [2.45, 2.75) is 110 Å². The smallest absolute Gasteiger partial charge is 0.549 e. The third kappa shape index (κ3) is 183. The monoisotopic (exact) mass is 512 g/mol. The van der Waals surface area contributed by atoms with Gasteiger partial charge in [-0.2, -0.15) is 0 Å². The number of rotatable bonds is 9. The Balaban J connectivity index is -0.0000000261. The van der Waals surface area contributed by atoms with Crippen LogP contribution in [0.1, 0.15) is 92.0 Å². The van der Waals surface area contributed by atoms with Crippen LogP contribution in [-0.4, -0.2) is 79.5 Å². The Kier molecular flexibility index (Phi) is 111. The second-order valence-corrected chi connectivity index (χ2v) is 6.87. The minimum Gasteiger partial charge on any atom is -0.549 e. The Morgan fingerprint density at radius 3 is 1.15 bits per heavy atom. The number of carboxylic acid groups (broad SMARTS) is 1. The summed E-state index contributed by atoms with van der Waals surface area (Å²) in [5.41, 5.74) is 4.78. The second-order valence-electron chi connectivity index (χ2n) is 6.87. The van der Waals surface area contributed by atoms with Crippen LogP contribution in [-0.2, 0) is 9.59 Å². The van der Waals surface area contributed by atoms with E-state index < -0.39 is 5.97 Å².